The van der Waals surface area contributed by atoms with E-state index in [1.165, 1.54) is 4.31 Å². The lowest BCUT2D eigenvalue weighted by Crippen LogP contribution is -2.54. The molecule has 0 aromatic heterocycles. The normalized spacial score (nSPS) is 20.4. The van der Waals surface area contributed by atoms with Gasteiger partial charge in [0.05, 0.1) is 0 Å². The fourth-order valence-corrected chi connectivity index (χ4v) is 3.10. The summed E-state index contributed by atoms with van der Waals surface area (Å²) < 4.78 is 27.4. The van der Waals surface area contributed by atoms with Crippen molar-refractivity contribution in [1.82, 2.24) is 14.3 Å². The van der Waals surface area contributed by atoms with Crippen molar-refractivity contribution in [2.24, 2.45) is 5.92 Å². The minimum absolute atomic E-state index is 0.301. The Kier molecular flexibility index (Phi) is 4.87. The summed E-state index contributed by atoms with van der Waals surface area (Å²) >= 11 is 0. The highest BCUT2D eigenvalue weighted by molar-refractivity contribution is 7.87. The first kappa shape index (κ1) is 14.4. The Morgan fingerprint density at radius 1 is 1.35 bits per heavy atom. The number of nitrogens with zero attached hydrogens (tertiary/aromatic N) is 1. The van der Waals surface area contributed by atoms with Crippen molar-refractivity contribution in [1.29, 1.82) is 0 Å². The third-order valence-corrected chi connectivity index (χ3v) is 4.22. The Labute approximate surface area is 101 Å². The van der Waals surface area contributed by atoms with Crippen molar-refractivity contribution >= 4 is 16.2 Å². The maximum Gasteiger partial charge on any atom is 0.322 e. The summed E-state index contributed by atoms with van der Waals surface area (Å²) in [6.07, 6.45) is 0. The third-order valence-electron chi connectivity index (χ3n) is 2.62. The van der Waals surface area contributed by atoms with Gasteiger partial charge in [-0.1, -0.05) is 13.8 Å². The Morgan fingerprint density at radius 3 is 2.29 bits per heavy atom. The predicted molar refractivity (Wildman–Crippen MR) is 62.8 cm³/mol. The van der Waals surface area contributed by atoms with Crippen LogP contribution in [-0.4, -0.2) is 56.0 Å². The zero-order valence-electron chi connectivity index (χ0n) is 10.0. The van der Waals surface area contributed by atoms with E-state index in [9.17, 15) is 13.2 Å². The molecule has 17 heavy (non-hydrogen) atoms. The molecule has 0 spiro atoms. The summed E-state index contributed by atoms with van der Waals surface area (Å²) in [7, 11) is -3.71. The number of hydrogen-bond acceptors (Lipinski definition) is 4. The van der Waals surface area contributed by atoms with E-state index < -0.39 is 22.2 Å². The van der Waals surface area contributed by atoms with Crippen molar-refractivity contribution in [3.05, 3.63) is 0 Å². The molecule has 0 amide bonds. The molecule has 1 aliphatic heterocycles. The van der Waals surface area contributed by atoms with Gasteiger partial charge in [-0.2, -0.15) is 17.4 Å². The molecule has 1 saturated heterocycles. The fraction of sp³-hybridized carbons (Fsp3) is 0.889. The van der Waals surface area contributed by atoms with E-state index >= 15 is 0 Å². The van der Waals surface area contributed by atoms with Crippen LogP contribution in [0, 0.1) is 5.92 Å². The molecule has 1 aliphatic rings. The molecule has 0 aromatic rings. The minimum atomic E-state index is -3.71. The van der Waals surface area contributed by atoms with Crippen LogP contribution in [0.5, 0.6) is 0 Å². The number of carboxylic acids is 1. The van der Waals surface area contributed by atoms with Crippen LogP contribution in [-0.2, 0) is 15.0 Å². The second-order valence-corrected chi connectivity index (χ2v) is 6.03. The van der Waals surface area contributed by atoms with E-state index in [-0.39, 0.29) is 5.92 Å². The molecule has 0 aromatic carbocycles. The molecule has 7 nitrogen and oxygen atoms in total. The fourth-order valence-electron chi connectivity index (χ4n) is 1.59. The van der Waals surface area contributed by atoms with Crippen LogP contribution in [0.15, 0.2) is 0 Å². The van der Waals surface area contributed by atoms with E-state index in [1.807, 2.05) is 0 Å². The highest BCUT2D eigenvalue weighted by Crippen LogP contribution is 2.07. The zero-order valence-corrected chi connectivity index (χ0v) is 10.8. The van der Waals surface area contributed by atoms with Crippen molar-refractivity contribution in [3.63, 3.8) is 0 Å². The average Bonchev–Trinajstić information content (AvgIpc) is 2.26. The largest absolute Gasteiger partial charge is 0.480 e. The van der Waals surface area contributed by atoms with Crippen molar-refractivity contribution < 1.29 is 18.3 Å². The van der Waals surface area contributed by atoms with Crippen LogP contribution in [0.4, 0.5) is 0 Å². The molecule has 0 radical (unpaired) electrons. The van der Waals surface area contributed by atoms with Crippen LogP contribution in [0.1, 0.15) is 13.8 Å². The maximum absolute atomic E-state index is 11.9. The first-order valence-electron chi connectivity index (χ1n) is 5.55. The Hall–Kier alpha value is -0.700. The summed E-state index contributed by atoms with van der Waals surface area (Å²) in [4.78, 5) is 10.9. The Morgan fingerprint density at radius 2 is 1.88 bits per heavy atom. The second-order valence-electron chi connectivity index (χ2n) is 4.33. The Bertz CT molecular complexity index is 362. The van der Waals surface area contributed by atoms with Crippen LogP contribution in [0.3, 0.4) is 0 Å². The maximum atomic E-state index is 11.9. The number of nitrogens with one attached hydrogen (secondary N) is 2. The quantitative estimate of drug-likeness (QED) is 0.582. The topological polar surface area (TPSA) is 98.7 Å². The van der Waals surface area contributed by atoms with Gasteiger partial charge in [0, 0.05) is 26.2 Å². The van der Waals surface area contributed by atoms with Gasteiger partial charge in [0.25, 0.3) is 10.2 Å². The van der Waals surface area contributed by atoms with Gasteiger partial charge in [-0.05, 0) is 5.92 Å². The number of hydrogen-bond donors (Lipinski definition) is 3. The summed E-state index contributed by atoms with van der Waals surface area (Å²) in [6, 6.07) is -1.09. The smallest absolute Gasteiger partial charge is 0.322 e. The third kappa shape index (κ3) is 3.91. The minimum Gasteiger partial charge on any atom is -0.480 e. The van der Waals surface area contributed by atoms with Crippen molar-refractivity contribution in [3.8, 4) is 0 Å². The monoisotopic (exact) mass is 265 g/mol. The number of piperazine rings is 1. The van der Waals surface area contributed by atoms with Gasteiger partial charge in [0.2, 0.25) is 0 Å². The van der Waals surface area contributed by atoms with Gasteiger partial charge in [-0.15, -0.1) is 0 Å². The molecule has 0 saturated carbocycles. The van der Waals surface area contributed by atoms with E-state index in [2.05, 4.69) is 10.0 Å². The molecule has 100 valence electrons. The number of aliphatic carboxylic acids is 1. The standard InChI is InChI=1S/C9H19N3O4S/c1-7(2)8(9(13)14)11-17(15,16)12-5-3-10-4-6-12/h7-8,10-11H,3-6H2,1-2H3,(H,13,14). The van der Waals surface area contributed by atoms with Crippen LogP contribution < -0.4 is 10.0 Å². The number of rotatable bonds is 5. The summed E-state index contributed by atoms with van der Waals surface area (Å²) in [5, 5.41) is 12.0. The number of carbonyl (C=O) groups is 1. The van der Waals surface area contributed by atoms with E-state index in [0.717, 1.165) is 0 Å². The molecule has 1 heterocycles. The summed E-state index contributed by atoms with van der Waals surface area (Å²) in [5.74, 6) is -1.45. The van der Waals surface area contributed by atoms with Gasteiger partial charge in [-0.25, -0.2) is 0 Å². The molecule has 0 bridgehead atoms. The van der Waals surface area contributed by atoms with Gasteiger partial charge in [0.15, 0.2) is 0 Å². The first-order valence-corrected chi connectivity index (χ1v) is 6.99. The number of carboxylic acid groups (broad SMARTS) is 1. The highest BCUT2D eigenvalue weighted by Gasteiger charge is 2.31. The molecule has 1 atom stereocenters. The van der Waals surface area contributed by atoms with E-state index in [1.54, 1.807) is 13.8 Å². The predicted octanol–water partition coefficient (Wildman–Crippen LogP) is -1.16. The lowest BCUT2D eigenvalue weighted by Gasteiger charge is -2.28. The SMILES string of the molecule is CC(C)C(NS(=O)(=O)N1CCNCC1)C(=O)O. The highest BCUT2D eigenvalue weighted by atomic mass is 32.2. The lowest BCUT2D eigenvalue weighted by molar-refractivity contribution is -0.140. The van der Waals surface area contributed by atoms with Gasteiger partial charge in [0.1, 0.15) is 6.04 Å². The van der Waals surface area contributed by atoms with Gasteiger partial charge >= 0.3 is 5.97 Å². The molecule has 1 unspecified atom stereocenters. The first-order chi connectivity index (χ1) is 7.84. The molecule has 1 rings (SSSR count). The Balaban J connectivity index is 2.73. The van der Waals surface area contributed by atoms with Crippen molar-refractivity contribution in [2.45, 2.75) is 19.9 Å². The lowest BCUT2D eigenvalue weighted by atomic mass is 10.1. The van der Waals surface area contributed by atoms with Crippen molar-refractivity contribution in [2.75, 3.05) is 26.2 Å². The second kappa shape index (κ2) is 5.76. The van der Waals surface area contributed by atoms with Gasteiger partial charge < -0.3 is 10.4 Å². The summed E-state index contributed by atoms with van der Waals surface area (Å²) in [5.41, 5.74) is 0. The summed E-state index contributed by atoms with van der Waals surface area (Å²) in [6.45, 7) is 5.22. The molecule has 3 N–H and O–H groups in total. The molecular formula is C9H19N3O4S. The van der Waals surface area contributed by atoms with E-state index in [4.69, 9.17) is 5.11 Å². The average molecular weight is 265 g/mol. The van der Waals surface area contributed by atoms with Crippen LogP contribution in [0.2, 0.25) is 0 Å². The van der Waals surface area contributed by atoms with Crippen LogP contribution >= 0.6 is 0 Å². The zero-order chi connectivity index (χ0) is 13.1. The molecule has 8 heteroatoms. The van der Waals surface area contributed by atoms with E-state index in [0.29, 0.717) is 26.2 Å². The molecule has 0 aliphatic carbocycles. The van der Waals surface area contributed by atoms with Gasteiger partial charge in [-0.3, -0.25) is 4.79 Å². The van der Waals surface area contributed by atoms with Crippen LogP contribution in [0.25, 0.3) is 0 Å². The molecular weight excluding hydrogens is 246 g/mol. The molecule has 1 fully saturated rings.